The second kappa shape index (κ2) is 9.18. The van der Waals surface area contributed by atoms with E-state index in [1.165, 1.54) is 25.1 Å². The number of rotatable bonds is 5. The number of phenols is 1. The van der Waals surface area contributed by atoms with Crippen molar-refractivity contribution in [3.05, 3.63) is 45.5 Å². The maximum Gasteiger partial charge on any atom is 0.255 e. The summed E-state index contributed by atoms with van der Waals surface area (Å²) in [6.07, 6.45) is -0.195. The number of benzene rings is 1. The molecule has 1 aromatic rings. The van der Waals surface area contributed by atoms with Crippen LogP contribution in [0.1, 0.15) is 43.9 Å². The van der Waals surface area contributed by atoms with Crippen molar-refractivity contribution in [3.63, 3.8) is 0 Å². The maximum absolute atomic E-state index is 15.7. The van der Waals surface area contributed by atoms with Gasteiger partial charge in [-0.15, -0.1) is 0 Å². The third kappa shape index (κ3) is 4.09. The topological polar surface area (TPSA) is 173 Å². The van der Waals surface area contributed by atoms with Crippen LogP contribution in [0, 0.1) is 23.1 Å². The first kappa shape index (κ1) is 27.7. The minimum absolute atomic E-state index is 0.0168. The van der Waals surface area contributed by atoms with E-state index < -0.39 is 69.6 Å². The van der Waals surface area contributed by atoms with Crippen molar-refractivity contribution in [2.75, 3.05) is 20.6 Å². The first-order chi connectivity index (χ1) is 17.5. The number of aromatic hydroxyl groups is 1. The van der Waals surface area contributed by atoms with Gasteiger partial charge in [0.15, 0.2) is 11.4 Å². The molecular weight excluding hydrogens is 497 g/mol. The van der Waals surface area contributed by atoms with Crippen molar-refractivity contribution in [3.8, 4) is 5.75 Å². The number of phenolic OH excluding ortho intramolecular Hbond substituents is 1. The van der Waals surface area contributed by atoms with Gasteiger partial charge < -0.3 is 31.5 Å². The molecule has 0 spiro atoms. The highest BCUT2D eigenvalue weighted by molar-refractivity contribution is 6.24. The summed E-state index contributed by atoms with van der Waals surface area (Å²) in [7, 11) is 3.03. The van der Waals surface area contributed by atoms with Crippen LogP contribution in [0.3, 0.4) is 0 Å². The van der Waals surface area contributed by atoms with Gasteiger partial charge in [-0.3, -0.25) is 19.3 Å². The Morgan fingerprint density at radius 2 is 1.87 bits per heavy atom. The Labute approximate surface area is 219 Å². The van der Waals surface area contributed by atoms with Crippen molar-refractivity contribution < 1.29 is 39.2 Å². The number of nitrogens with two attached hydrogens (primary N) is 1. The van der Waals surface area contributed by atoms with Gasteiger partial charge in [-0.25, -0.2) is 4.39 Å². The number of hydrogen-bond donors (Lipinski definition) is 6. The number of aliphatic hydroxyl groups excluding tert-OH is 2. The number of likely N-dealkylation sites (N-methyl/N-ethyl adjacent to an activating group) is 1. The molecule has 1 saturated carbocycles. The highest BCUT2D eigenvalue weighted by Gasteiger charge is 2.64. The van der Waals surface area contributed by atoms with E-state index in [4.69, 9.17) is 5.73 Å². The fourth-order valence-electron chi connectivity index (χ4n) is 6.05. The van der Waals surface area contributed by atoms with Gasteiger partial charge in [-0.1, -0.05) is 20.8 Å². The Morgan fingerprint density at radius 3 is 2.42 bits per heavy atom. The van der Waals surface area contributed by atoms with Crippen molar-refractivity contribution in [1.29, 1.82) is 0 Å². The number of ketones is 2. The molecule has 1 aromatic carbocycles. The zero-order chi connectivity index (χ0) is 28.5. The molecule has 0 unspecified atom stereocenters. The lowest BCUT2D eigenvalue weighted by molar-refractivity contribution is -0.153. The third-order valence-corrected chi connectivity index (χ3v) is 7.70. The molecule has 3 aliphatic rings. The number of fused-ring (bicyclic) bond motifs is 3. The van der Waals surface area contributed by atoms with E-state index >= 15 is 4.39 Å². The van der Waals surface area contributed by atoms with E-state index in [1.54, 1.807) is 0 Å². The quantitative estimate of drug-likeness (QED) is 0.306. The second-order valence-corrected chi connectivity index (χ2v) is 11.8. The number of nitrogens with zero attached hydrogens (tertiary/aromatic N) is 1. The normalized spacial score (nSPS) is 27.4. The fraction of sp³-hybridized carbons (Fsp3) is 0.519. The van der Waals surface area contributed by atoms with Crippen molar-refractivity contribution in [2.45, 2.75) is 51.8 Å². The maximum atomic E-state index is 15.7. The molecule has 11 heteroatoms. The number of carbonyl (C=O) groups is 3. The van der Waals surface area contributed by atoms with Gasteiger partial charge in [0.1, 0.15) is 28.7 Å². The highest BCUT2D eigenvalue weighted by Crippen LogP contribution is 2.53. The first-order valence-electron chi connectivity index (χ1n) is 12.4. The minimum Gasteiger partial charge on any atom is -0.508 e. The van der Waals surface area contributed by atoms with E-state index in [2.05, 4.69) is 5.32 Å². The zero-order valence-electron chi connectivity index (χ0n) is 22.1. The average Bonchev–Trinajstić information content (AvgIpc) is 2.78. The Morgan fingerprint density at radius 1 is 1.24 bits per heavy atom. The van der Waals surface area contributed by atoms with Crippen molar-refractivity contribution >= 4 is 23.2 Å². The lowest BCUT2D eigenvalue weighted by Gasteiger charge is -2.50. The monoisotopic (exact) mass is 531 g/mol. The SMILES string of the molecule is CN(C)[C@@H]1C(=O)C(C(N)=O)=C(O)[C@@]2(O)C(=O)C3=C(O)c4c(O)cc(CNCC(C)(C)C)c(F)c4C[C@H]3C[C@@H]12. The van der Waals surface area contributed by atoms with Gasteiger partial charge in [0.25, 0.3) is 5.91 Å². The lowest BCUT2D eigenvalue weighted by atomic mass is 9.57. The number of Topliss-reactive ketones (excluding diaryl/α,β-unsaturated/α-hetero) is 2. The van der Waals surface area contributed by atoms with Crippen LogP contribution < -0.4 is 11.1 Å². The van der Waals surface area contributed by atoms with E-state index in [0.717, 1.165) is 0 Å². The largest absolute Gasteiger partial charge is 0.508 e. The second-order valence-electron chi connectivity index (χ2n) is 11.8. The smallest absolute Gasteiger partial charge is 0.255 e. The Hall–Kier alpha value is -3.28. The molecule has 38 heavy (non-hydrogen) atoms. The standard InChI is InChI=1S/C27H34FN3O7/c1-26(2,3)10-30-9-12-8-15(32)17-13(19(12)28)6-11-7-14-20(31(4)5)22(34)18(25(29)37)24(36)27(14,38)23(35)16(11)21(17)33/h8,11,14,20,30,32-33,36,38H,6-7,9-10H2,1-5H3,(H2,29,37)/t11-,14-,20-,27-/m0/s1. The highest BCUT2D eigenvalue weighted by atomic mass is 19.1. The number of halogens is 1. The van der Waals surface area contributed by atoms with Crippen LogP contribution in [0.15, 0.2) is 23.0 Å². The molecule has 4 rings (SSSR count). The number of carbonyl (C=O) groups excluding carboxylic acids is 3. The van der Waals surface area contributed by atoms with Crippen LogP contribution in [0.4, 0.5) is 4.39 Å². The van der Waals surface area contributed by atoms with Crippen LogP contribution in [0.5, 0.6) is 5.75 Å². The Balaban J connectivity index is 1.85. The zero-order valence-corrected chi connectivity index (χ0v) is 22.1. The molecule has 0 aromatic heterocycles. The van der Waals surface area contributed by atoms with E-state index in [9.17, 15) is 34.8 Å². The number of aliphatic hydroxyl groups is 3. The molecule has 1 fully saturated rings. The average molecular weight is 532 g/mol. The van der Waals surface area contributed by atoms with Crippen LogP contribution in [0.2, 0.25) is 0 Å². The third-order valence-electron chi connectivity index (χ3n) is 7.70. The molecule has 0 radical (unpaired) electrons. The Kier molecular flexibility index (Phi) is 6.70. The lowest BCUT2D eigenvalue weighted by Crippen LogP contribution is -2.65. The molecule has 206 valence electrons. The summed E-state index contributed by atoms with van der Waals surface area (Å²) in [6.45, 7) is 6.76. The molecule has 3 aliphatic carbocycles. The summed E-state index contributed by atoms with van der Waals surface area (Å²) in [4.78, 5) is 40.3. The summed E-state index contributed by atoms with van der Waals surface area (Å²) in [6, 6.07) is -0.0195. The molecule has 0 bridgehead atoms. The van der Waals surface area contributed by atoms with Crippen molar-refractivity contribution in [1.82, 2.24) is 10.2 Å². The van der Waals surface area contributed by atoms with Gasteiger partial charge in [0.05, 0.1) is 11.6 Å². The molecule has 10 nitrogen and oxygen atoms in total. The van der Waals surface area contributed by atoms with Crippen LogP contribution in [0.25, 0.3) is 5.76 Å². The number of amides is 1. The predicted molar refractivity (Wildman–Crippen MR) is 135 cm³/mol. The molecule has 1 amide bonds. The summed E-state index contributed by atoms with van der Waals surface area (Å²) >= 11 is 0. The van der Waals surface area contributed by atoms with Gasteiger partial charge >= 0.3 is 0 Å². The van der Waals surface area contributed by atoms with E-state index in [1.807, 2.05) is 20.8 Å². The van der Waals surface area contributed by atoms with E-state index in [0.29, 0.717) is 6.54 Å². The molecule has 0 heterocycles. The molecule has 4 atom stereocenters. The summed E-state index contributed by atoms with van der Waals surface area (Å²) in [5.74, 6) is -8.28. The number of hydrogen-bond acceptors (Lipinski definition) is 9. The fourth-order valence-corrected chi connectivity index (χ4v) is 6.05. The summed E-state index contributed by atoms with van der Waals surface area (Å²) in [5.41, 5.74) is 1.26. The summed E-state index contributed by atoms with van der Waals surface area (Å²) in [5, 5.41) is 47.4. The van der Waals surface area contributed by atoms with Crippen molar-refractivity contribution in [2.24, 2.45) is 23.0 Å². The van der Waals surface area contributed by atoms with Crippen LogP contribution in [-0.2, 0) is 27.3 Å². The van der Waals surface area contributed by atoms with Gasteiger partial charge in [-0.2, -0.15) is 0 Å². The predicted octanol–water partition coefficient (Wildman–Crippen LogP) is 1.24. The molecular formula is C27H34FN3O7. The van der Waals surface area contributed by atoms with Crippen LogP contribution >= 0.6 is 0 Å². The minimum atomic E-state index is -2.73. The van der Waals surface area contributed by atoms with E-state index in [-0.39, 0.29) is 47.1 Å². The van der Waals surface area contributed by atoms with Gasteiger partial charge in [0.2, 0.25) is 5.78 Å². The summed E-state index contributed by atoms with van der Waals surface area (Å²) < 4.78 is 15.7. The van der Waals surface area contributed by atoms with Crippen LogP contribution in [-0.4, -0.2) is 75.1 Å². The van der Waals surface area contributed by atoms with Gasteiger partial charge in [0, 0.05) is 35.7 Å². The molecule has 0 aliphatic heterocycles. The Bertz CT molecular complexity index is 1310. The van der Waals surface area contributed by atoms with Gasteiger partial charge in [-0.05, 0) is 44.3 Å². The molecule has 0 saturated heterocycles. The molecule has 7 N–H and O–H groups in total. The number of primary amides is 1. The number of nitrogens with one attached hydrogen (secondary N) is 1. The first-order valence-corrected chi connectivity index (χ1v) is 12.4.